The van der Waals surface area contributed by atoms with Gasteiger partial charge in [-0.25, -0.2) is 4.99 Å². The Bertz CT molecular complexity index is 1090. The lowest BCUT2D eigenvalue weighted by atomic mass is 9.72. The molecule has 0 unspecified atom stereocenters. The molecule has 1 aliphatic carbocycles. The highest BCUT2D eigenvalue weighted by Gasteiger charge is 2.32. The second-order valence-corrected chi connectivity index (χ2v) is 10.5. The van der Waals surface area contributed by atoms with Crippen LogP contribution in [0.3, 0.4) is 0 Å². The molecule has 168 valence electrons. The zero-order valence-electron chi connectivity index (χ0n) is 18.8. The van der Waals surface area contributed by atoms with Crippen LogP contribution in [0, 0.1) is 32.8 Å². The first-order valence-corrected chi connectivity index (χ1v) is 11.8. The summed E-state index contributed by atoms with van der Waals surface area (Å²) in [5, 5.41) is 21.9. The third-order valence-electron chi connectivity index (χ3n) is 6.48. The van der Waals surface area contributed by atoms with Crippen LogP contribution in [0.4, 0.5) is 16.4 Å². The van der Waals surface area contributed by atoms with E-state index in [1.54, 1.807) is 29.7 Å². The van der Waals surface area contributed by atoms with E-state index in [0.717, 1.165) is 43.6 Å². The summed E-state index contributed by atoms with van der Waals surface area (Å²) < 4.78 is 5.44. The summed E-state index contributed by atoms with van der Waals surface area (Å²) in [6.07, 6.45) is 4.64. The van der Waals surface area contributed by atoms with Crippen molar-refractivity contribution in [2.75, 3.05) is 31.2 Å². The van der Waals surface area contributed by atoms with Crippen LogP contribution in [0.25, 0.3) is 0 Å². The van der Waals surface area contributed by atoms with Crippen LogP contribution in [0.15, 0.2) is 23.2 Å². The van der Waals surface area contributed by atoms with Crippen LogP contribution >= 0.6 is 11.3 Å². The van der Waals surface area contributed by atoms with E-state index >= 15 is 0 Å². The van der Waals surface area contributed by atoms with E-state index < -0.39 is 4.92 Å². The first-order valence-electron chi connectivity index (χ1n) is 11.0. The molecular formula is C24H28N4O3S. The van der Waals surface area contributed by atoms with Gasteiger partial charge in [-0.1, -0.05) is 20.8 Å². The first-order chi connectivity index (χ1) is 15.3. The largest absolute Gasteiger partial charge is 0.378 e. The maximum Gasteiger partial charge on any atom is 0.270 e. The first kappa shape index (κ1) is 22.4. The number of hydrogen-bond donors (Lipinski definition) is 0. The molecular weight excluding hydrogens is 424 g/mol. The molecule has 0 bridgehead atoms. The summed E-state index contributed by atoms with van der Waals surface area (Å²) >= 11 is 1.59. The van der Waals surface area contributed by atoms with E-state index in [0.29, 0.717) is 35.3 Å². The Balaban J connectivity index is 1.69. The van der Waals surface area contributed by atoms with Crippen LogP contribution in [0.5, 0.6) is 0 Å². The van der Waals surface area contributed by atoms with Gasteiger partial charge < -0.3 is 9.64 Å². The Kier molecular flexibility index (Phi) is 6.31. The Hall–Kier alpha value is -2.76. The van der Waals surface area contributed by atoms with Gasteiger partial charge in [0.1, 0.15) is 11.1 Å². The second-order valence-electron chi connectivity index (χ2n) is 9.46. The molecule has 4 rings (SSSR count). The Labute approximate surface area is 192 Å². The fourth-order valence-corrected chi connectivity index (χ4v) is 5.72. The normalized spacial score (nSPS) is 19.1. The SMILES string of the molecule is CC(C)(C)[C@H]1CCc2c(sc(N=Cc3cc([N+](=O)[O-])ccc3N3CCOCC3)c2C#N)C1. The number of nitro benzene ring substituents is 1. The van der Waals surface area contributed by atoms with Crippen LogP contribution in [-0.4, -0.2) is 37.4 Å². The lowest BCUT2D eigenvalue weighted by Gasteiger charge is -2.33. The maximum absolute atomic E-state index is 11.3. The predicted octanol–water partition coefficient (Wildman–Crippen LogP) is 5.27. The maximum atomic E-state index is 11.3. The molecule has 1 aliphatic heterocycles. The van der Waals surface area contributed by atoms with Gasteiger partial charge in [0.05, 0.1) is 23.7 Å². The zero-order valence-corrected chi connectivity index (χ0v) is 19.6. The van der Waals surface area contributed by atoms with E-state index in [-0.39, 0.29) is 11.1 Å². The number of rotatable bonds is 4. The molecule has 1 saturated heterocycles. The molecule has 7 nitrogen and oxygen atoms in total. The number of ether oxygens (including phenoxy) is 1. The van der Waals surface area contributed by atoms with Crippen molar-refractivity contribution in [1.29, 1.82) is 5.26 Å². The lowest BCUT2D eigenvalue weighted by molar-refractivity contribution is -0.384. The van der Waals surface area contributed by atoms with E-state index in [1.807, 2.05) is 0 Å². The van der Waals surface area contributed by atoms with Crippen molar-refractivity contribution >= 4 is 33.9 Å². The molecule has 0 spiro atoms. The van der Waals surface area contributed by atoms with Crippen molar-refractivity contribution < 1.29 is 9.66 Å². The summed E-state index contributed by atoms with van der Waals surface area (Å²) in [6.45, 7) is 9.52. The standard InChI is InChI=1S/C24H28N4O3S/c1-24(2,3)17-4-6-19-20(14-25)23(32-22(19)13-17)26-15-16-12-18(28(29)30)5-7-21(16)27-8-10-31-11-9-27/h5,7,12,15,17H,4,6,8-11,13H2,1-3H3/t17-/m0/s1. The Morgan fingerprint density at radius 2 is 2.09 bits per heavy atom. The molecule has 1 atom stereocenters. The van der Waals surface area contributed by atoms with E-state index in [9.17, 15) is 15.4 Å². The Morgan fingerprint density at radius 3 is 2.75 bits per heavy atom. The van der Waals surface area contributed by atoms with Crippen LogP contribution in [0.2, 0.25) is 0 Å². The molecule has 0 radical (unpaired) electrons. The number of nitro groups is 1. The van der Waals surface area contributed by atoms with Gasteiger partial charge in [-0.05, 0) is 42.2 Å². The smallest absolute Gasteiger partial charge is 0.270 e. The van der Waals surface area contributed by atoms with Gasteiger partial charge in [-0.3, -0.25) is 10.1 Å². The van der Waals surface area contributed by atoms with Crippen molar-refractivity contribution in [1.82, 2.24) is 0 Å². The quantitative estimate of drug-likeness (QED) is 0.358. The number of morpholine rings is 1. The molecule has 32 heavy (non-hydrogen) atoms. The highest BCUT2D eigenvalue weighted by Crippen LogP contribution is 2.45. The zero-order chi connectivity index (χ0) is 22.9. The number of nitriles is 1. The highest BCUT2D eigenvalue weighted by molar-refractivity contribution is 7.16. The minimum Gasteiger partial charge on any atom is -0.378 e. The van der Waals surface area contributed by atoms with Gasteiger partial charge >= 0.3 is 0 Å². The van der Waals surface area contributed by atoms with Crippen LogP contribution < -0.4 is 4.90 Å². The van der Waals surface area contributed by atoms with Gasteiger partial charge in [0.15, 0.2) is 0 Å². The molecule has 2 heterocycles. The average molecular weight is 453 g/mol. The molecule has 8 heteroatoms. The van der Waals surface area contributed by atoms with Crippen molar-refractivity contribution in [3.63, 3.8) is 0 Å². The van der Waals surface area contributed by atoms with Crippen molar-refractivity contribution in [3.8, 4) is 6.07 Å². The van der Waals surface area contributed by atoms with E-state index in [1.165, 1.54) is 10.9 Å². The molecule has 0 saturated carbocycles. The van der Waals surface area contributed by atoms with Gasteiger partial charge in [-0.2, -0.15) is 5.26 Å². The fourth-order valence-electron chi connectivity index (χ4n) is 4.50. The van der Waals surface area contributed by atoms with Crippen molar-refractivity contribution in [3.05, 3.63) is 49.9 Å². The molecule has 1 aromatic heterocycles. The lowest BCUT2D eigenvalue weighted by Crippen LogP contribution is -2.36. The van der Waals surface area contributed by atoms with E-state index in [2.05, 4.69) is 36.7 Å². The number of nitrogens with zero attached hydrogens (tertiary/aromatic N) is 4. The topological polar surface area (TPSA) is 91.8 Å². The number of benzene rings is 1. The summed E-state index contributed by atoms with van der Waals surface area (Å²) in [4.78, 5) is 19.1. The molecule has 0 N–H and O–H groups in total. The predicted molar refractivity (Wildman–Crippen MR) is 127 cm³/mol. The van der Waals surface area contributed by atoms with E-state index in [4.69, 9.17) is 4.74 Å². The van der Waals surface area contributed by atoms with Gasteiger partial charge in [0.25, 0.3) is 5.69 Å². The third kappa shape index (κ3) is 4.54. The fraction of sp³-hybridized carbons (Fsp3) is 0.500. The number of hydrogen-bond acceptors (Lipinski definition) is 7. The van der Waals surface area contributed by atoms with Gasteiger partial charge in [0, 0.05) is 47.6 Å². The second kappa shape index (κ2) is 9.00. The molecule has 0 amide bonds. The van der Waals surface area contributed by atoms with Crippen molar-refractivity contribution in [2.24, 2.45) is 16.3 Å². The summed E-state index contributed by atoms with van der Waals surface area (Å²) in [7, 11) is 0. The summed E-state index contributed by atoms with van der Waals surface area (Å²) in [6, 6.07) is 7.23. The van der Waals surface area contributed by atoms with Crippen molar-refractivity contribution in [2.45, 2.75) is 40.0 Å². The number of anilines is 1. The van der Waals surface area contributed by atoms with Crippen LogP contribution in [0.1, 0.15) is 48.8 Å². The third-order valence-corrected chi connectivity index (χ3v) is 7.64. The minimum absolute atomic E-state index is 0.0301. The Morgan fingerprint density at radius 1 is 1.34 bits per heavy atom. The molecule has 1 aromatic carbocycles. The monoisotopic (exact) mass is 452 g/mol. The average Bonchev–Trinajstić information content (AvgIpc) is 3.14. The number of thiophene rings is 1. The van der Waals surface area contributed by atoms with Gasteiger partial charge in [0.2, 0.25) is 0 Å². The van der Waals surface area contributed by atoms with Crippen LogP contribution in [-0.2, 0) is 17.6 Å². The number of aliphatic imine (C=N–C) groups is 1. The summed E-state index contributed by atoms with van der Waals surface area (Å²) in [5.74, 6) is 0.585. The minimum atomic E-state index is -0.391. The number of non-ortho nitro benzene ring substituents is 1. The highest BCUT2D eigenvalue weighted by atomic mass is 32.1. The molecule has 2 aromatic rings. The summed E-state index contributed by atoms with van der Waals surface area (Å²) in [5.41, 5.74) is 3.64. The number of fused-ring (bicyclic) bond motifs is 1. The molecule has 1 fully saturated rings. The molecule has 2 aliphatic rings. The van der Waals surface area contributed by atoms with Gasteiger partial charge in [-0.15, -0.1) is 11.3 Å².